The van der Waals surface area contributed by atoms with Crippen LogP contribution >= 0.6 is 50.9 Å². The van der Waals surface area contributed by atoms with Gasteiger partial charge in [0.25, 0.3) is 0 Å². The van der Waals surface area contributed by atoms with Gasteiger partial charge in [0.2, 0.25) is 0 Å². The lowest BCUT2D eigenvalue weighted by Crippen LogP contribution is -2.13. The molecule has 2 rings (SSSR count). The van der Waals surface area contributed by atoms with Gasteiger partial charge in [-0.1, -0.05) is 44.0 Å². The highest BCUT2D eigenvalue weighted by molar-refractivity contribution is 9.10. The van der Waals surface area contributed by atoms with Crippen molar-refractivity contribution in [2.75, 3.05) is 0 Å². The second-order valence-corrected chi connectivity index (χ2v) is 10.5. The molecule has 0 bridgehead atoms. The molecule has 2 aromatic rings. The summed E-state index contributed by atoms with van der Waals surface area (Å²) in [6.07, 6.45) is -4.18. The normalized spacial score (nSPS) is 13.0. The number of alkyl halides is 3. The molecule has 0 aromatic heterocycles. The number of rotatable bonds is 4. The minimum absolute atomic E-state index is 0.0522. The molecule has 8 heteroatoms. The average Bonchev–Trinajstić information content (AvgIpc) is 2.51. The molecule has 1 nitrogen and oxygen atoms in total. The van der Waals surface area contributed by atoms with Crippen molar-refractivity contribution < 1.29 is 18.0 Å². The standard InChI is InChI=1S/C20H16BrCl2F3OS/c1-19(2,3)28-18-5-4-11(8-16(18)21)17(27)10-15(20(24,25)26)12-6-13(22)9-14(23)7-12/h4-10H,1-3H3/b15-10+. The highest BCUT2D eigenvalue weighted by atomic mass is 79.9. The molecule has 0 atom stereocenters. The maximum Gasteiger partial charge on any atom is 0.417 e. The zero-order valence-electron chi connectivity index (χ0n) is 15.1. The van der Waals surface area contributed by atoms with Crippen LogP contribution in [0.5, 0.6) is 0 Å². The Kier molecular flexibility index (Phi) is 7.35. The van der Waals surface area contributed by atoms with Crippen LogP contribution in [0.4, 0.5) is 13.2 Å². The second-order valence-electron chi connectivity index (χ2n) is 6.94. The van der Waals surface area contributed by atoms with Gasteiger partial charge in [-0.25, -0.2) is 0 Å². The van der Waals surface area contributed by atoms with Gasteiger partial charge in [-0.3, -0.25) is 4.79 Å². The Bertz CT molecular complexity index is 914. The van der Waals surface area contributed by atoms with Crippen LogP contribution in [0.2, 0.25) is 10.0 Å². The van der Waals surface area contributed by atoms with Gasteiger partial charge in [-0.05, 0) is 64.0 Å². The summed E-state index contributed by atoms with van der Waals surface area (Å²) in [5.41, 5.74) is -1.23. The molecule has 0 aliphatic carbocycles. The number of carbonyl (C=O) groups excluding carboxylic acids is 1. The van der Waals surface area contributed by atoms with E-state index in [4.69, 9.17) is 23.2 Å². The van der Waals surface area contributed by atoms with E-state index >= 15 is 0 Å². The van der Waals surface area contributed by atoms with Gasteiger partial charge in [-0.2, -0.15) is 13.2 Å². The Morgan fingerprint density at radius 1 is 1.00 bits per heavy atom. The molecule has 0 heterocycles. The minimum Gasteiger partial charge on any atom is -0.289 e. The van der Waals surface area contributed by atoms with Gasteiger partial charge in [-0.15, -0.1) is 11.8 Å². The molecule has 0 fully saturated rings. The predicted octanol–water partition coefficient (Wildman–Crippen LogP) is 8.48. The topological polar surface area (TPSA) is 17.1 Å². The smallest absolute Gasteiger partial charge is 0.289 e. The first-order valence-electron chi connectivity index (χ1n) is 8.04. The first-order chi connectivity index (χ1) is 12.8. The maximum absolute atomic E-state index is 13.6. The molecule has 0 radical (unpaired) electrons. The SMILES string of the molecule is CC(C)(C)Sc1ccc(C(=O)/C=C(\c2cc(Cl)cc(Cl)c2)C(F)(F)F)cc1Br. The van der Waals surface area contributed by atoms with Gasteiger partial charge in [0.15, 0.2) is 5.78 Å². The van der Waals surface area contributed by atoms with Crippen molar-refractivity contribution in [1.82, 2.24) is 0 Å². The summed E-state index contributed by atoms with van der Waals surface area (Å²) in [5.74, 6) is -0.767. The molecule has 0 amide bonds. The van der Waals surface area contributed by atoms with E-state index in [1.807, 2.05) is 20.8 Å². The van der Waals surface area contributed by atoms with Crippen LogP contribution in [0, 0.1) is 0 Å². The van der Waals surface area contributed by atoms with Crippen molar-refractivity contribution in [3.63, 3.8) is 0 Å². The van der Waals surface area contributed by atoms with Crippen molar-refractivity contribution in [2.24, 2.45) is 0 Å². The van der Waals surface area contributed by atoms with Crippen LogP contribution in [-0.4, -0.2) is 16.7 Å². The molecule has 0 N–H and O–H groups in total. The van der Waals surface area contributed by atoms with Gasteiger partial charge in [0, 0.05) is 29.7 Å². The Morgan fingerprint density at radius 2 is 1.57 bits per heavy atom. The second kappa shape index (κ2) is 8.82. The zero-order valence-corrected chi connectivity index (χ0v) is 19.0. The average molecular weight is 512 g/mol. The summed E-state index contributed by atoms with van der Waals surface area (Å²) in [7, 11) is 0. The number of benzene rings is 2. The van der Waals surface area contributed by atoms with E-state index in [1.165, 1.54) is 18.2 Å². The van der Waals surface area contributed by atoms with E-state index in [0.29, 0.717) is 10.5 Å². The molecule has 0 unspecified atom stereocenters. The molecule has 28 heavy (non-hydrogen) atoms. The Morgan fingerprint density at radius 3 is 2.04 bits per heavy atom. The summed E-state index contributed by atoms with van der Waals surface area (Å²) in [6, 6.07) is 8.32. The summed E-state index contributed by atoms with van der Waals surface area (Å²) in [6.45, 7) is 6.12. The lowest BCUT2D eigenvalue weighted by Gasteiger charge is -2.18. The van der Waals surface area contributed by atoms with Crippen LogP contribution in [-0.2, 0) is 0 Å². The number of allylic oxidation sites excluding steroid dienone is 2. The quantitative estimate of drug-likeness (QED) is 0.232. The zero-order chi connectivity index (χ0) is 21.3. The van der Waals surface area contributed by atoms with E-state index in [2.05, 4.69) is 15.9 Å². The largest absolute Gasteiger partial charge is 0.417 e. The van der Waals surface area contributed by atoms with Crippen molar-refractivity contribution >= 4 is 62.3 Å². The molecular formula is C20H16BrCl2F3OS. The Hall–Kier alpha value is -0.950. The fourth-order valence-corrected chi connectivity index (χ4v) is 4.42. The van der Waals surface area contributed by atoms with Gasteiger partial charge >= 0.3 is 6.18 Å². The number of ketones is 1. The molecule has 2 aromatic carbocycles. The molecule has 0 saturated carbocycles. The van der Waals surface area contributed by atoms with Crippen molar-refractivity contribution in [1.29, 1.82) is 0 Å². The van der Waals surface area contributed by atoms with Crippen molar-refractivity contribution in [3.8, 4) is 0 Å². The van der Waals surface area contributed by atoms with Crippen LogP contribution < -0.4 is 0 Å². The number of hydrogen-bond acceptors (Lipinski definition) is 2. The van der Waals surface area contributed by atoms with Crippen molar-refractivity contribution in [3.05, 3.63) is 68.1 Å². The molecule has 0 spiro atoms. The van der Waals surface area contributed by atoms with Crippen LogP contribution in [0.15, 0.2) is 51.8 Å². The van der Waals surface area contributed by atoms with Gasteiger partial charge in [0.05, 0.1) is 5.57 Å². The lowest BCUT2D eigenvalue weighted by atomic mass is 10.0. The van der Waals surface area contributed by atoms with Crippen molar-refractivity contribution in [2.45, 2.75) is 36.6 Å². The van der Waals surface area contributed by atoms with E-state index < -0.39 is 17.5 Å². The van der Waals surface area contributed by atoms with Gasteiger partial charge in [0.1, 0.15) is 0 Å². The van der Waals surface area contributed by atoms with Crippen LogP contribution in [0.25, 0.3) is 5.57 Å². The first-order valence-corrected chi connectivity index (χ1v) is 10.4. The van der Waals surface area contributed by atoms with E-state index in [9.17, 15) is 18.0 Å². The first kappa shape index (κ1) is 23.3. The summed E-state index contributed by atoms with van der Waals surface area (Å²) in [4.78, 5) is 13.4. The molecule has 0 aliphatic heterocycles. The third-order valence-electron chi connectivity index (χ3n) is 3.39. The van der Waals surface area contributed by atoms with E-state index in [-0.39, 0.29) is 25.9 Å². The van der Waals surface area contributed by atoms with Crippen LogP contribution in [0.3, 0.4) is 0 Å². The summed E-state index contributed by atoms with van der Waals surface area (Å²) < 4.78 is 41.3. The molecule has 0 saturated heterocycles. The highest BCUT2D eigenvalue weighted by Gasteiger charge is 2.35. The third kappa shape index (κ3) is 6.55. The number of carbonyl (C=O) groups is 1. The highest BCUT2D eigenvalue weighted by Crippen LogP contribution is 2.38. The molecule has 150 valence electrons. The fourth-order valence-electron chi connectivity index (χ4n) is 2.32. The number of hydrogen-bond donors (Lipinski definition) is 0. The fraction of sp³-hybridized carbons (Fsp3) is 0.250. The molecule has 0 aliphatic rings. The monoisotopic (exact) mass is 510 g/mol. The third-order valence-corrected chi connectivity index (χ3v) is 5.93. The summed E-state index contributed by atoms with van der Waals surface area (Å²) in [5, 5.41) is 0.104. The van der Waals surface area contributed by atoms with E-state index in [0.717, 1.165) is 17.0 Å². The predicted molar refractivity (Wildman–Crippen MR) is 115 cm³/mol. The Labute approximate surface area is 184 Å². The Balaban J connectivity index is 2.45. The molecular weight excluding hydrogens is 496 g/mol. The summed E-state index contributed by atoms with van der Waals surface area (Å²) >= 11 is 16.6. The minimum atomic E-state index is -4.75. The number of thioether (sulfide) groups is 1. The lowest BCUT2D eigenvalue weighted by molar-refractivity contribution is -0.0689. The van der Waals surface area contributed by atoms with Gasteiger partial charge < -0.3 is 0 Å². The number of halogens is 6. The van der Waals surface area contributed by atoms with E-state index in [1.54, 1.807) is 17.8 Å². The van der Waals surface area contributed by atoms with Crippen LogP contribution in [0.1, 0.15) is 36.7 Å². The maximum atomic E-state index is 13.6.